The van der Waals surface area contributed by atoms with E-state index in [4.69, 9.17) is 18.6 Å². The van der Waals surface area contributed by atoms with Crippen molar-refractivity contribution in [2.75, 3.05) is 40.0 Å². The van der Waals surface area contributed by atoms with Crippen LogP contribution in [0, 0.1) is 6.92 Å². The van der Waals surface area contributed by atoms with Gasteiger partial charge in [0.05, 0.1) is 26.4 Å². The second kappa shape index (κ2) is 9.61. The lowest BCUT2D eigenvalue weighted by Gasteiger charge is -2.33. The Morgan fingerprint density at radius 1 is 1.14 bits per heavy atom. The molecule has 2 aromatic rings. The van der Waals surface area contributed by atoms with Gasteiger partial charge in [-0.3, -0.25) is 9.69 Å². The quantitative estimate of drug-likeness (QED) is 0.749. The first-order valence-electron chi connectivity index (χ1n) is 9.53. The monoisotopic (exact) mass is 388 g/mol. The van der Waals surface area contributed by atoms with E-state index in [9.17, 15) is 4.79 Å². The summed E-state index contributed by atoms with van der Waals surface area (Å²) in [5, 5.41) is 3.00. The molecule has 1 aromatic heterocycles. The summed E-state index contributed by atoms with van der Waals surface area (Å²) < 4.78 is 22.2. The molecule has 1 aliphatic rings. The third-order valence-corrected chi connectivity index (χ3v) is 4.79. The zero-order valence-corrected chi connectivity index (χ0v) is 16.6. The molecule has 2 heterocycles. The van der Waals surface area contributed by atoms with Crippen molar-refractivity contribution in [3.8, 4) is 11.5 Å². The minimum atomic E-state index is -0.614. The molecule has 2 unspecified atom stereocenters. The third kappa shape index (κ3) is 5.27. The Kier molecular flexibility index (Phi) is 6.95. The summed E-state index contributed by atoms with van der Waals surface area (Å²) in [5.41, 5.74) is 0. The first kappa shape index (κ1) is 20.2. The number of amides is 1. The Bertz CT molecular complexity index is 752. The van der Waals surface area contributed by atoms with Gasteiger partial charge in [0.15, 0.2) is 6.10 Å². The number of carbonyl (C=O) groups is 1. The standard InChI is InChI=1S/C21H28N2O5/c1-15-4-9-20(27-15)19(23-10-12-26-13-11-23)14-22-21(24)16(2)28-18-7-5-17(25-3)6-8-18/h4-9,16,19H,10-14H2,1-3H3,(H,22,24). The van der Waals surface area contributed by atoms with Crippen LogP contribution in [0.15, 0.2) is 40.8 Å². The molecule has 1 aromatic carbocycles. The molecule has 2 atom stereocenters. The number of nitrogens with one attached hydrogen (secondary N) is 1. The van der Waals surface area contributed by atoms with Gasteiger partial charge < -0.3 is 23.9 Å². The zero-order chi connectivity index (χ0) is 19.9. The van der Waals surface area contributed by atoms with Crippen molar-refractivity contribution in [3.63, 3.8) is 0 Å². The van der Waals surface area contributed by atoms with Crippen molar-refractivity contribution in [2.45, 2.75) is 26.0 Å². The number of hydrogen-bond donors (Lipinski definition) is 1. The van der Waals surface area contributed by atoms with Gasteiger partial charge >= 0.3 is 0 Å². The fraction of sp³-hybridized carbons (Fsp3) is 0.476. The van der Waals surface area contributed by atoms with E-state index in [0.29, 0.717) is 25.5 Å². The van der Waals surface area contributed by atoms with Crippen molar-refractivity contribution < 1.29 is 23.4 Å². The van der Waals surface area contributed by atoms with Crippen molar-refractivity contribution in [2.24, 2.45) is 0 Å². The SMILES string of the molecule is COc1ccc(OC(C)C(=O)NCC(c2ccc(C)o2)N2CCOCC2)cc1. The highest BCUT2D eigenvalue weighted by molar-refractivity contribution is 5.80. The zero-order valence-electron chi connectivity index (χ0n) is 16.6. The van der Waals surface area contributed by atoms with Crippen LogP contribution in [0.4, 0.5) is 0 Å². The summed E-state index contributed by atoms with van der Waals surface area (Å²) in [6.07, 6.45) is -0.614. The smallest absolute Gasteiger partial charge is 0.260 e. The number of benzene rings is 1. The molecule has 152 valence electrons. The van der Waals surface area contributed by atoms with Crippen LogP contribution in [0.1, 0.15) is 24.5 Å². The van der Waals surface area contributed by atoms with Crippen LogP contribution in [0.3, 0.4) is 0 Å². The van der Waals surface area contributed by atoms with Gasteiger partial charge in [-0.05, 0) is 50.2 Å². The first-order valence-corrected chi connectivity index (χ1v) is 9.53. The Hall–Kier alpha value is -2.51. The van der Waals surface area contributed by atoms with E-state index in [0.717, 1.165) is 30.4 Å². The molecule has 3 rings (SSSR count). The van der Waals surface area contributed by atoms with Crippen LogP contribution < -0.4 is 14.8 Å². The van der Waals surface area contributed by atoms with Crippen molar-refractivity contribution in [1.29, 1.82) is 0 Å². The molecule has 0 bridgehead atoms. The highest BCUT2D eigenvalue weighted by Gasteiger charge is 2.26. The molecular weight excluding hydrogens is 360 g/mol. The largest absolute Gasteiger partial charge is 0.497 e. The summed E-state index contributed by atoms with van der Waals surface area (Å²) in [5.74, 6) is 2.90. The van der Waals surface area contributed by atoms with E-state index in [-0.39, 0.29) is 11.9 Å². The molecule has 28 heavy (non-hydrogen) atoms. The lowest BCUT2D eigenvalue weighted by molar-refractivity contribution is -0.127. The van der Waals surface area contributed by atoms with Gasteiger partial charge in [-0.2, -0.15) is 0 Å². The minimum Gasteiger partial charge on any atom is -0.497 e. The fourth-order valence-electron chi connectivity index (χ4n) is 3.18. The van der Waals surface area contributed by atoms with Crippen LogP contribution in [0.2, 0.25) is 0 Å². The summed E-state index contributed by atoms with van der Waals surface area (Å²) in [6, 6.07) is 11.0. The Labute approximate surface area is 165 Å². The Balaban J connectivity index is 1.58. The van der Waals surface area contributed by atoms with Crippen molar-refractivity contribution in [1.82, 2.24) is 10.2 Å². The highest BCUT2D eigenvalue weighted by atomic mass is 16.5. The first-order chi connectivity index (χ1) is 13.6. The molecule has 0 saturated carbocycles. The summed E-state index contributed by atoms with van der Waals surface area (Å²) in [7, 11) is 1.61. The average Bonchev–Trinajstić information content (AvgIpc) is 3.15. The van der Waals surface area contributed by atoms with Crippen LogP contribution in [0.5, 0.6) is 11.5 Å². The number of hydrogen-bond acceptors (Lipinski definition) is 6. The molecule has 0 radical (unpaired) electrons. The maximum Gasteiger partial charge on any atom is 0.260 e. The lowest BCUT2D eigenvalue weighted by atomic mass is 10.1. The molecular formula is C21H28N2O5. The molecule has 7 heteroatoms. The van der Waals surface area contributed by atoms with E-state index in [2.05, 4.69) is 10.2 Å². The maximum absolute atomic E-state index is 12.6. The predicted octanol–water partition coefficient (Wildman–Crippen LogP) is 2.55. The topological polar surface area (TPSA) is 73.2 Å². The molecule has 1 aliphatic heterocycles. The van der Waals surface area contributed by atoms with E-state index in [1.807, 2.05) is 19.1 Å². The summed E-state index contributed by atoms with van der Waals surface area (Å²) in [6.45, 7) is 7.07. The number of morpholine rings is 1. The minimum absolute atomic E-state index is 0.0327. The molecule has 0 aliphatic carbocycles. The summed E-state index contributed by atoms with van der Waals surface area (Å²) >= 11 is 0. The summed E-state index contributed by atoms with van der Waals surface area (Å²) in [4.78, 5) is 14.8. The van der Waals surface area contributed by atoms with Crippen LogP contribution in [-0.4, -0.2) is 56.9 Å². The molecule has 1 amide bonds. The second-order valence-electron chi connectivity index (χ2n) is 6.79. The molecule has 1 N–H and O–H groups in total. The van der Waals surface area contributed by atoms with Crippen LogP contribution >= 0.6 is 0 Å². The number of aryl methyl sites for hydroxylation is 1. The van der Waals surface area contributed by atoms with Gasteiger partial charge in [0.1, 0.15) is 23.0 Å². The van der Waals surface area contributed by atoms with Gasteiger partial charge in [0.2, 0.25) is 0 Å². The van der Waals surface area contributed by atoms with Crippen LogP contribution in [-0.2, 0) is 9.53 Å². The molecule has 0 spiro atoms. The fourth-order valence-corrected chi connectivity index (χ4v) is 3.18. The number of methoxy groups -OCH3 is 1. The average molecular weight is 388 g/mol. The van der Waals surface area contributed by atoms with Gasteiger partial charge in [0.25, 0.3) is 5.91 Å². The number of nitrogens with zero attached hydrogens (tertiary/aromatic N) is 1. The van der Waals surface area contributed by atoms with E-state index < -0.39 is 6.10 Å². The lowest BCUT2D eigenvalue weighted by Crippen LogP contribution is -2.45. The van der Waals surface area contributed by atoms with E-state index in [1.54, 1.807) is 38.3 Å². The van der Waals surface area contributed by atoms with Crippen molar-refractivity contribution >= 4 is 5.91 Å². The molecule has 1 fully saturated rings. The number of carbonyl (C=O) groups excluding carboxylic acids is 1. The highest BCUT2D eigenvalue weighted by Crippen LogP contribution is 2.23. The Morgan fingerprint density at radius 2 is 1.82 bits per heavy atom. The molecule has 1 saturated heterocycles. The normalized spacial score (nSPS) is 17.0. The number of rotatable bonds is 8. The number of ether oxygens (including phenoxy) is 3. The van der Waals surface area contributed by atoms with E-state index >= 15 is 0 Å². The second-order valence-corrected chi connectivity index (χ2v) is 6.79. The van der Waals surface area contributed by atoms with Gasteiger partial charge in [-0.1, -0.05) is 0 Å². The molecule has 7 nitrogen and oxygen atoms in total. The van der Waals surface area contributed by atoms with Crippen LogP contribution in [0.25, 0.3) is 0 Å². The number of furan rings is 1. The van der Waals surface area contributed by atoms with Gasteiger partial charge in [-0.15, -0.1) is 0 Å². The van der Waals surface area contributed by atoms with Gasteiger partial charge in [-0.25, -0.2) is 0 Å². The Morgan fingerprint density at radius 3 is 2.43 bits per heavy atom. The van der Waals surface area contributed by atoms with E-state index in [1.165, 1.54) is 0 Å². The van der Waals surface area contributed by atoms with Gasteiger partial charge in [0, 0.05) is 19.6 Å². The van der Waals surface area contributed by atoms with Crippen molar-refractivity contribution in [3.05, 3.63) is 47.9 Å². The predicted molar refractivity (Wildman–Crippen MR) is 105 cm³/mol. The maximum atomic E-state index is 12.6. The third-order valence-electron chi connectivity index (χ3n) is 4.79.